The van der Waals surface area contributed by atoms with Crippen LogP contribution in [0.1, 0.15) is 23.8 Å². The fraction of sp³-hybridized carbons (Fsp3) is 0.312. The van der Waals surface area contributed by atoms with Crippen LogP contribution < -0.4 is 5.32 Å². The van der Waals surface area contributed by atoms with E-state index in [4.69, 9.17) is 21.4 Å². The van der Waals surface area contributed by atoms with E-state index in [2.05, 4.69) is 10.4 Å². The van der Waals surface area contributed by atoms with Crippen LogP contribution in [0, 0.1) is 0 Å². The van der Waals surface area contributed by atoms with Gasteiger partial charge in [0.15, 0.2) is 5.69 Å². The summed E-state index contributed by atoms with van der Waals surface area (Å²) in [5, 5.41) is 16.4. The Morgan fingerprint density at radius 3 is 2.79 bits per heavy atom. The number of nitrogens with one attached hydrogen (secondary N) is 1. The number of hydrogen-bond acceptors (Lipinski definition) is 4. The van der Waals surface area contributed by atoms with E-state index in [-0.39, 0.29) is 18.7 Å². The van der Waals surface area contributed by atoms with Gasteiger partial charge in [-0.2, -0.15) is 5.10 Å². The lowest BCUT2D eigenvalue weighted by Gasteiger charge is -2.28. The molecule has 2 rings (SSSR count). The van der Waals surface area contributed by atoms with Crippen molar-refractivity contribution < 1.29 is 19.4 Å². The van der Waals surface area contributed by atoms with E-state index >= 15 is 0 Å². The van der Waals surface area contributed by atoms with Crippen LogP contribution in [0.2, 0.25) is 5.02 Å². The Bertz CT molecular complexity index is 746. The molecule has 0 fully saturated rings. The maximum Gasteiger partial charge on any atom is 0.305 e. The fourth-order valence-electron chi connectivity index (χ4n) is 2.33. The average molecular weight is 352 g/mol. The number of aliphatic carboxylic acids is 1. The highest BCUT2D eigenvalue weighted by Crippen LogP contribution is 2.15. The molecule has 0 saturated heterocycles. The van der Waals surface area contributed by atoms with Crippen LogP contribution in [0.15, 0.2) is 36.5 Å². The molecule has 8 heteroatoms. The summed E-state index contributed by atoms with van der Waals surface area (Å²) in [7, 11) is 1.44. The van der Waals surface area contributed by atoms with Gasteiger partial charge >= 0.3 is 5.97 Å². The van der Waals surface area contributed by atoms with Gasteiger partial charge in [-0.05, 0) is 31.2 Å². The normalized spacial score (nSPS) is 13.3. The number of benzene rings is 1. The van der Waals surface area contributed by atoms with Gasteiger partial charge in [-0.1, -0.05) is 17.7 Å². The van der Waals surface area contributed by atoms with Crippen LogP contribution in [0.3, 0.4) is 0 Å². The smallest absolute Gasteiger partial charge is 0.305 e. The van der Waals surface area contributed by atoms with Crippen LogP contribution in [0.4, 0.5) is 0 Å². The number of halogens is 1. The third kappa shape index (κ3) is 4.56. The molecule has 0 radical (unpaired) electrons. The zero-order chi connectivity index (χ0) is 17.7. The van der Waals surface area contributed by atoms with Crippen molar-refractivity contribution in [3.05, 3.63) is 47.2 Å². The summed E-state index contributed by atoms with van der Waals surface area (Å²) in [6, 6.07) is 8.59. The van der Waals surface area contributed by atoms with Gasteiger partial charge < -0.3 is 15.2 Å². The summed E-state index contributed by atoms with van der Waals surface area (Å²) < 4.78 is 6.53. The SMILES string of the molecule is COCC(C)(CC(=O)O)NC(=O)c1ccn(-c2cccc(Cl)c2)n1. The maximum atomic E-state index is 12.4. The lowest BCUT2D eigenvalue weighted by atomic mass is 9.99. The summed E-state index contributed by atoms with van der Waals surface area (Å²) in [5.41, 5.74) is -0.147. The molecule has 0 spiro atoms. The molecular formula is C16H18ClN3O4. The molecule has 0 aliphatic carbocycles. The summed E-state index contributed by atoms with van der Waals surface area (Å²) >= 11 is 5.94. The number of rotatable bonds is 7. The Balaban J connectivity index is 2.16. The molecule has 1 aromatic heterocycles. The van der Waals surface area contributed by atoms with E-state index in [9.17, 15) is 9.59 Å². The van der Waals surface area contributed by atoms with Gasteiger partial charge in [0.2, 0.25) is 0 Å². The minimum atomic E-state index is -1.03. The van der Waals surface area contributed by atoms with Gasteiger partial charge in [0.25, 0.3) is 5.91 Å². The van der Waals surface area contributed by atoms with Gasteiger partial charge in [-0.25, -0.2) is 4.68 Å². The molecule has 1 atom stereocenters. The highest BCUT2D eigenvalue weighted by atomic mass is 35.5. The lowest BCUT2D eigenvalue weighted by Crippen LogP contribution is -2.50. The van der Waals surface area contributed by atoms with Gasteiger partial charge in [-0.15, -0.1) is 0 Å². The van der Waals surface area contributed by atoms with Crippen LogP contribution in [-0.2, 0) is 9.53 Å². The average Bonchev–Trinajstić information content (AvgIpc) is 2.96. The monoisotopic (exact) mass is 351 g/mol. The van der Waals surface area contributed by atoms with E-state index in [1.807, 2.05) is 0 Å². The topological polar surface area (TPSA) is 93.5 Å². The van der Waals surface area contributed by atoms with Crippen molar-refractivity contribution in [3.63, 3.8) is 0 Å². The quantitative estimate of drug-likeness (QED) is 0.797. The number of aromatic nitrogens is 2. The van der Waals surface area contributed by atoms with E-state index < -0.39 is 17.4 Å². The second-order valence-electron chi connectivity index (χ2n) is 5.64. The van der Waals surface area contributed by atoms with Crippen molar-refractivity contribution in [2.45, 2.75) is 18.9 Å². The van der Waals surface area contributed by atoms with Crippen molar-refractivity contribution in [2.24, 2.45) is 0 Å². The molecule has 1 heterocycles. The van der Waals surface area contributed by atoms with Crippen molar-refractivity contribution in [1.29, 1.82) is 0 Å². The molecule has 0 saturated carbocycles. The number of hydrogen-bond donors (Lipinski definition) is 2. The number of carbonyl (C=O) groups is 2. The first kappa shape index (κ1) is 18.0. The first-order valence-corrected chi connectivity index (χ1v) is 7.56. The second-order valence-corrected chi connectivity index (χ2v) is 6.08. The minimum absolute atomic E-state index is 0.0695. The molecule has 2 aromatic rings. The van der Waals surface area contributed by atoms with Crippen molar-refractivity contribution >= 4 is 23.5 Å². The predicted octanol–water partition coefficient (Wildman–Crippen LogP) is 2.14. The Hall–Kier alpha value is -2.38. The molecule has 1 amide bonds. The number of carbonyl (C=O) groups excluding carboxylic acids is 1. The molecule has 1 unspecified atom stereocenters. The van der Waals surface area contributed by atoms with Gasteiger partial charge in [0.05, 0.1) is 24.3 Å². The van der Waals surface area contributed by atoms with Crippen LogP contribution in [-0.4, -0.2) is 46.0 Å². The zero-order valence-electron chi connectivity index (χ0n) is 13.3. The number of ether oxygens (including phenoxy) is 1. The van der Waals surface area contributed by atoms with E-state index in [1.54, 1.807) is 43.5 Å². The van der Waals surface area contributed by atoms with Gasteiger partial charge in [-0.3, -0.25) is 9.59 Å². The molecule has 24 heavy (non-hydrogen) atoms. The molecular weight excluding hydrogens is 334 g/mol. The summed E-state index contributed by atoms with van der Waals surface area (Å²) in [6.07, 6.45) is 1.37. The zero-order valence-corrected chi connectivity index (χ0v) is 14.1. The fourth-order valence-corrected chi connectivity index (χ4v) is 2.51. The highest BCUT2D eigenvalue weighted by Gasteiger charge is 2.30. The van der Waals surface area contributed by atoms with Gasteiger partial charge in [0, 0.05) is 18.3 Å². The summed E-state index contributed by atoms with van der Waals surface area (Å²) in [5.74, 6) is -1.50. The lowest BCUT2D eigenvalue weighted by molar-refractivity contribution is -0.139. The Morgan fingerprint density at radius 2 is 2.17 bits per heavy atom. The van der Waals surface area contributed by atoms with Gasteiger partial charge in [0.1, 0.15) is 0 Å². The van der Waals surface area contributed by atoms with E-state index in [0.717, 1.165) is 0 Å². The third-order valence-corrected chi connectivity index (χ3v) is 3.55. The highest BCUT2D eigenvalue weighted by molar-refractivity contribution is 6.30. The third-order valence-electron chi connectivity index (χ3n) is 3.31. The molecule has 128 valence electrons. The molecule has 7 nitrogen and oxygen atoms in total. The Morgan fingerprint density at radius 1 is 1.42 bits per heavy atom. The number of methoxy groups -OCH3 is 1. The summed E-state index contributed by atoms with van der Waals surface area (Å²) in [6.45, 7) is 1.68. The van der Waals surface area contributed by atoms with Crippen molar-refractivity contribution in [2.75, 3.05) is 13.7 Å². The van der Waals surface area contributed by atoms with E-state index in [1.165, 1.54) is 11.8 Å². The Labute approximate surface area is 144 Å². The molecule has 0 aliphatic rings. The number of nitrogens with zero attached hydrogens (tertiary/aromatic N) is 2. The predicted molar refractivity (Wildman–Crippen MR) is 88.6 cm³/mol. The first-order chi connectivity index (χ1) is 11.3. The second kappa shape index (κ2) is 7.46. The Kier molecular flexibility index (Phi) is 5.58. The summed E-state index contributed by atoms with van der Waals surface area (Å²) in [4.78, 5) is 23.4. The van der Waals surface area contributed by atoms with Crippen LogP contribution >= 0.6 is 11.6 Å². The van der Waals surface area contributed by atoms with E-state index in [0.29, 0.717) is 10.7 Å². The largest absolute Gasteiger partial charge is 0.481 e. The van der Waals surface area contributed by atoms with Crippen molar-refractivity contribution in [3.8, 4) is 5.69 Å². The minimum Gasteiger partial charge on any atom is -0.481 e. The number of amides is 1. The molecule has 1 aromatic carbocycles. The molecule has 0 bridgehead atoms. The number of carboxylic acid groups (broad SMARTS) is 1. The van der Waals surface area contributed by atoms with Crippen LogP contribution in [0.25, 0.3) is 5.69 Å². The first-order valence-electron chi connectivity index (χ1n) is 7.18. The number of carboxylic acids is 1. The molecule has 0 aliphatic heterocycles. The molecule has 2 N–H and O–H groups in total. The standard InChI is InChI=1S/C16H18ClN3O4/c1-16(10-24-2,9-14(21)22)18-15(23)13-6-7-20(19-13)12-5-3-4-11(17)8-12/h3-8H,9-10H2,1-2H3,(H,18,23)(H,21,22). The van der Waals surface area contributed by atoms with Crippen LogP contribution in [0.5, 0.6) is 0 Å². The maximum absolute atomic E-state index is 12.4. The van der Waals surface area contributed by atoms with Crippen molar-refractivity contribution in [1.82, 2.24) is 15.1 Å².